The first-order valence-corrected chi connectivity index (χ1v) is 11.5. The summed E-state index contributed by atoms with van der Waals surface area (Å²) in [7, 11) is 0. The van der Waals surface area contributed by atoms with Gasteiger partial charge in [0.2, 0.25) is 0 Å². The number of hydrogen-bond acceptors (Lipinski definition) is 2. The summed E-state index contributed by atoms with van der Waals surface area (Å²) in [5.41, 5.74) is 1.29. The maximum absolute atomic E-state index is 2.25. The first kappa shape index (κ1) is 21.5. The molecule has 4 aromatic rings. The molecule has 0 atom stereocenters. The summed E-state index contributed by atoms with van der Waals surface area (Å²) < 4.78 is 2.22. The molecule has 0 saturated heterocycles. The Balaban J connectivity index is 0.000000400. The molecule has 0 amide bonds. The van der Waals surface area contributed by atoms with Gasteiger partial charge in [0.05, 0.1) is 5.52 Å². The zero-order valence-corrected chi connectivity index (χ0v) is 18.7. The number of nitrogens with zero attached hydrogens (tertiary/aromatic N) is 1. The van der Waals surface area contributed by atoms with Crippen molar-refractivity contribution < 1.29 is 0 Å². The summed E-state index contributed by atoms with van der Waals surface area (Å²) in [5.74, 6) is 0. The van der Waals surface area contributed by atoms with E-state index in [1.807, 2.05) is 65.1 Å². The summed E-state index contributed by atoms with van der Waals surface area (Å²) in [6.07, 6.45) is 4.34. The molecule has 5 rings (SSSR count). The second-order valence-electron chi connectivity index (χ2n) is 5.13. The van der Waals surface area contributed by atoms with Crippen LogP contribution in [-0.4, -0.2) is 4.40 Å². The van der Waals surface area contributed by atoms with Crippen LogP contribution in [0.3, 0.4) is 0 Å². The van der Waals surface area contributed by atoms with Gasteiger partial charge in [-0.25, -0.2) is 0 Å². The number of fused-ring (bicyclic) bond motifs is 6. The second kappa shape index (κ2) is 10.5. The smallest absolute Gasteiger partial charge is 0.0540 e. The molecule has 2 aromatic carbocycles. The zero-order chi connectivity index (χ0) is 19.8. The van der Waals surface area contributed by atoms with E-state index in [2.05, 4.69) is 71.4 Å². The van der Waals surface area contributed by atoms with E-state index in [0.29, 0.717) is 0 Å². The average Bonchev–Trinajstić information content (AvgIpc) is 3.16. The van der Waals surface area contributed by atoms with Crippen LogP contribution in [0.2, 0.25) is 0 Å². The van der Waals surface area contributed by atoms with Gasteiger partial charge in [-0.2, -0.15) is 0 Å². The van der Waals surface area contributed by atoms with Gasteiger partial charge in [-0.05, 0) is 30.3 Å². The Morgan fingerprint density at radius 2 is 1.26 bits per heavy atom. The van der Waals surface area contributed by atoms with Crippen molar-refractivity contribution in [1.29, 1.82) is 0 Å². The molecule has 142 valence electrons. The fourth-order valence-electron chi connectivity index (χ4n) is 2.91. The molecule has 0 fully saturated rings. The van der Waals surface area contributed by atoms with Crippen molar-refractivity contribution in [1.82, 2.24) is 4.40 Å². The predicted octanol–water partition coefficient (Wildman–Crippen LogP) is 8.79. The van der Waals surface area contributed by atoms with E-state index < -0.39 is 0 Å². The molecule has 2 aromatic heterocycles. The third-order valence-electron chi connectivity index (χ3n) is 3.86. The highest BCUT2D eigenvalue weighted by molar-refractivity contribution is 8.05. The summed E-state index contributed by atoms with van der Waals surface area (Å²) in [6.45, 7) is 12.0. The van der Waals surface area contributed by atoms with E-state index in [4.69, 9.17) is 0 Å². The average molecular weight is 396 g/mol. The molecule has 0 N–H and O–H groups in total. The highest BCUT2D eigenvalue weighted by atomic mass is 32.2. The monoisotopic (exact) mass is 395 g/mol. The zero-order valence-electron chi connectivity index (χ0n) is 17.1. The van der Waals surface area contributed by atoms with Crippen molar-refractivity contribution >= 4 is 39.8 Å². The Morgan fingerprint density at radius 3 is 1.96 bits per heavy atom. The van der Waals surface area contributed by atoms with Gasteiger partial charge in [-0.15, -0.1) is 0 Å². The number of hydrogen-bond donors (Lipinski definition) is 0. The molecule has 1 aliphatic rings. The molecule has 0 saturated carbocycles. The Kier molecular flexibility index (Phi) is 8.33. The van der Waals surface area contributed by atoms with Crippen LogP contribution < -0.4 is 0 Å². The van der Waals surface area contributed by atoms with Crippen molar-refractivity contribution in [3.63, 3.8) is 0 Å². The Bertz CT molecular complexity index is 1000. The molecule has 27 heavy (non-hydrogen) atoms. The Morgan fingerprint density at radius 1 is 0.630 bits per heavy atom. The SMILES string of the molecule is CC.CC.CC.c1ccc2c(c1)Sc1ccc3cn4ccccc4c3c1S2. The lowest BCUT2D eigenvalue weighted by Gasteiger charge is -2.18. The lowest BCUT2D eigenvalue weighted by Crippen LogP contribution is -1.89. The summed E-state index contributed by atoms with van der Waals surface area (Å²) in [4.78, 5) is 5.48. The van der Waals surface area contributed by atoms with Gasteiger partial charge in [0.15, 0.2) is 0 Å². The van der Waals surface area contributed by atoms with Crippen LogP contribution in [0.1, 0.15) is 41.5 Å². The van der Waals surface area contributed by atoms with Crippen molar-refractivity contribution in [3.05, 3.63) is 67.0 Å². The summed E-state index contributed by atoms with van der Waals surface area (Å²) >= 11 is 3.78. The van der Waals surface area contributed by atoms with E-state index in [1.54, 1.807) is 0 Å². The van der Waals surface area contributed by atoms with Crippen molar-refractivity contribution in [2.45, 2.75) is 61.1 Å². The molecule has 1 aliphatic heterocycles. The minimum absolute atomic E-state index is 1.29. The van der Waals surface area contributed by atoms with Crippen LogP contribution in [-0.2, 0) is 0 Å². The van der Waals surface area contributed by atoms with E-state index >= 15 is 0 Å². The molecule has 1 nitrogen and oxygen atoms in total. The van der Waals surface area contributed by atoms with Gasteiger partial charge in [0.25, 0.3) is 0 Å². The first-order valence-electron chi connectivity index (χ1n) is 9.87. The predicted molar refractivity (Wildman–Crippen MR) is 124 cm³/mol. The van der Waals surface area contributed by atoms with Crippen molar-refractivity contribution in [2.24, 2.45) is 0 Å². The molecule has 0 aliphatic carbocycles. The fourth-order valence-corrected chi connectivity index (χ4v) is 5.32. The van der Waals surface area contributed by atoms with Crippen LogP contribution in [0.4, 0.5) is 0 Å². The summed E-state index contributed by atoms with van der Waals surface area (Å²) in [6, 6.07) is 19.5. The molecule has 0 bridgehead atoms. The number of benzene rings is 2. The van der Waals surface area contributed by atoms with Gasteiger partial charge in [-0.1, -0.05) is 89.3 Å². The normalized spacial score (nSPS) is 11.0. The third kappa shape index (κ3) is 4.20. The first-order chi connectivity index (χ1) is 13.4. The highest BCUT2D eigenvalue weighted by Gasteiger charge is 2.20. The molecule has 3 heterocycles. The van der Waals surface area contributed by atoms with Crippen LogP contribution in [0.15, 0.2) is 86.6 Å². The number of aromatic nitrogens is 1. The maximum atomic E-state index is 2.25. The van der Waals surface area contributed by atoms with Gasteiger partial charge in [0, 0.05) is 42.7 Å². The van der Waals surface area contributed by atoms with Crippen molar-refractivity contribution in [3.8, 4) is 0 Å². The van der Waals surface area contributed by atoms with Gasteiger partial charge in [-0.3, -0.25) is 0 Å². The van der Waals surface area contributed by atoms with Crippen LogP contribution >= 0.6 is 23.5 Å². The summed E-state index contributed by atoms with van der Waals surface area (Å²) in [5, 5.41) is 2.69. The second-order valence-corrected chi connectivity index (χ2v) is 7.27. The molecule has 0 radical (unpaired) electrons. The van der Waals surface area contributed by atoms with E-state index in [1.165, 1.54) is 35.9 Å². The standard InChI is InChI=1S/C18H11NS2.3C2H6/c1-2-7-15-14(6-1)20-16-9-8-12-11-19-10-4-3-5-13(19)17(12)18(16)21-15;3*1-2/h1-11H;3*1-2H3. The van der Waals surface area contributed by atoms with E-state index in [0.717, 1.165) is 0 Å². The fraction of sp³-hybridized carbons (Fsp3) is 0.250. The topological polar surface area (TPSA) is 4.41 Å². The highest BCUT2D eigenvalue weighted by Crippen LogP contribution is 2.51. The van der Waals surface area contributed by atoms with E-state index in [9.17, 15) is 0 Å². The Labute approximate surface area is 172 Å². The van der Waals surface area contributed by atoms with Gasteiger partial charge < -0.3 is 4.40 Å². The van der Waals surface area contributed by atoms with Crippen molar-refractivity contribution in [2.75, 3.05) is 0 Å². The maximum Gasteiger partial charge on any atom is 0.0540 e. The lowest BCUT2D eigenvalue weighted by atomic mass is 10.2. The van der Waals surface area contributed by atoms with Crippen LogP contribution in [0.5, 0.6) is 0 Å². The quantitative estimate of drug-likeness (QED) is 0.258. The van der Waals surface area contributed by atoms with Gasteiger partial charge in [0.1, 0.15) is 0 Å². The minimum Gasteiger partial charge on any atom is -0.323 e. The third-order valence-corrected chi connectivity index (χ3v) is 6.46. The molecule has 0 unspecified atom stereocenters. The molecular formula is C24H29NS2. The molecule has 0 spiro atoms. The van der Waals surface area contributed by atoms with Crippen LogP contribution in [0, 0.1) is 0 Å². The lowest BCUT2D eigenvalue weighted by molar-refractivity contribution is 1.18. The minimum atomic E-state index is 1.29. The largest absolute Gasteiger partial charge is 0.323 e. The van der Waals surface area contributed by atoms with Crippen LogP contribution in [0.25, 0.3) is 16.3 Å². The molecular weight excluding hydrogens is 366 g/mol. The number of rotatable bonds is 0. The van der Waals surface area contributed by atoms with Gasteiger partial charge >= 0.3 is 0 Å². The van der Waals surface area contributed by atoms with E-state index in [-0.39, 0.29) is 0 Å². The molecule has 3 heteroatoms. The Hall–Kier alpha value is -1.84. The number of pyridine rings is 1.